The lowest BCUT2D eigenvalue weighted by molar-refractivity contribution is 0.0180. The molecule has 2 heterocycles. The van der Waals surface area contributed by atoms with Gasteiger partial charge in [-0.15, -0.1) is 0 Å². The second-order valence-corrected chi connectivity index (χ2v) is 7.95. The van der Waals surface area contributed by atoms with E-state index in [9.17, 15) is 0 Å². The summed E-state index contributed by atoms with van der Waals surface area (Å²) in [6, 6.07) is 8.19. The first kappa shape index (κ1) is 23.3. The second kappa shape index (κ2) is 13.1. The maximum absolute atomic E-state index is 6.53. The van der Waals surface area contributed by atoms with E-state index in [1.54, 1.807) is 0 Å². The molecule has 2 fully saturated rings. The molecule has 2 atom stereocenters. The minimum atomic E-state index is 0.128. The second-order valence-electron chi connectivity index (χ2n) is 7.54. The van der Waals surface area contributed by atoms with E-state index in [1.165, 1.54) is 0 Å². The molecule has 0 spiro atoms. The van der Waals surface area contributed by atoms with Crippen LogP contribution in [0, 0.1) is 0 Å². The molecule has 3 rings (SSSR count). The first-order valence-electron chi connectivity index (χ1n) is 11.1. The lowest BCUT2D eigenvalue weighted by Gasteiger charge is -2.34. The summed E-state index contributed by atoms with van der Waals surface area (Å²) in [5, 5.41) is 7.55. The standard InChI is InChI=1S/C22H35ClN4O3/c1-2-24-22(25-9-5-12-30-18-8-13-29-17-18)26-16-21(27-10-14-28-15-11-27)19-6-3-4-7-20(19)23/h3-4,6-7,18,21H,2,5,8-17H2,1H3,(H2,24,25,26). The molecule has 0 saturated carbocycles. The third-order valence-corrected chi connectivity index (χ3v) is 5.72. The van der Waals surface area contributed by atoms with Crippen molar-refractivity contribution >= 4 is 17.6 Å². The number of ether oxygens (including phenoxy) is 3. The van der Waals surface area contributed by atoms with Crippen LogP contribution in [-0.4, -0.2) is 82.7 Å². The van der Waals surface area contributed by atoms with Crippen molar-refractivity contribution in [3.8, 4) is 0 Å². The summed E-state index contributed by atoms with van der Waals surface area (Å²) in [7, 11) is 0. The van der Waals surface area contributed by atoms with Gasteiger partial charge in [-0.1, -0.05) is 29.8 Å². The topological polar surface area (TPSA) is 67.4 Å². The normalized spacial score (nSPS) is 21.5. The Hall–Kier alpha value is -1.38. The van der Waals surface area contributed by atoms with Crippen LogP contribution in [0.1, 0.15) is 31.4 Å². The van der Waals surface area contributed by atoms with Crippen LogP contribution >= 0.6 is 11.6 Å². The number of hydrogen-bond donors (Lipinski definition) is 2. The van der Waals surface area contributed by atoms with Crippen molar-refractivity contribution in [3.63, 3.8) is 0 Å². The summed E-state index contributed by atoms with van der Waals surface area (Å²) < 4.78 is 16.7. The molecule has 2 saturated heterocycles. The van der Waals surface area contributed by atoms with E-state index < -0.39 is 0 Å². The average molecular weight is 439 g/mol. The molecular formula is C22H35ClN4O3. The molecule has 2 unspecified atom stereocenters. The lowest BCUT2D eigenvalue weighted by Crippen LogP contribution is -2.42. The maximum atomic E-state index is 6.53. The Kier molecular flexibility index (Phi) is 10.2. The minimum Gasteiger partial charge on any atom is -0.379 e. The predicted octanol–water partition coefficient (Wildman–Crippen LogP) is 2.46. The van der Waals surface area contributed by atoms with Crippen molar-refractivity contribution < 1.29 is 14.2 Å². The molecule has 0 aliphatic carbocycles. The van der Waals surface area contributed by atoms with E-state index in [-0.39, 0.29) is 12.1 Å². The van der Waals surface area contributed by atoms with Gasteiger partial charge in [-0.25, -0.2) is 0 Å². The molecule has 7 nitrogen and oxygen atoms in total. The fraction of sp³-hybridized carbons (Fsp3) is 0.682. The summed E-state index contributed by atoms with van der Waals surface area (Å²) in [6.45, 7) is 9.88. The maximum Gasteiger partial charge on any atom is 0.191 e. The number of halogens is 1. The number of nitrogens with zero attached hydrogens (tertiary/aromatic N) is 2. The summed E-state index contributed by atoms with van der Waals surface area (Å²) in [4.78, 5) is 7.29. The van der Waals surface area contributed by atoms with Gasteiger partial charge in [0.05, 0.1) is 38.5 Å². The number of guanidine groups is 1. The molecule has 8 heteroatoms. The Balaban J connectivity index is 1.55. The number of rotatable bonds is 10. The Bertz CT molecular complexity index is 649. The van der Waals surface area contributed by atoms with Crippen molar-refractivity contribution in [3.05, 3.63) is 34.9 Å². The zero-order valence-electron chi connectivity index (χ0n) is 17.9. The molecule has 168 valence electrons. The van der Waals surface area contributed by atoms with E-state index in [4.69, 9.17) is 30.8 Å². The van der Waals surface area contributed by atoms with Gasteiger partial charge in [0.1, 0.15) is 0 Å². The molecule has 0 bridgehead atoms. The van der Waals surface area contributed by atoms with Gasteiger partial charge in [0.2, 0.25) is 0 Å². The molecule has 0 aromatic heterocycles. The lowest BCUT2D eigenvalue weighted by atomic mass is 10.0. The highest BCUT2D eigenvalue weighted by molar-refractivity contribution is 6.31. The molecule has 0 amide bonds. The van der Waals surface area contributed by atoms with Gasteiger partial charge in [-0.05, 0) is 31.4 Å². The van der Waals surface area contributed by atoms with Crippen LogP contribution in [0.3, 0.4) is 0 Å². The summed E-state index contributed by atoms with van der Waals surface area (Å²) in [5.41, 5.74) is 1.12. The van der Waals surface area contributed by atoms with E-state index >= 15 is 0 Å². The Morgan fingerprint density at radius 1 is 1.23 bits per heavy atom. The van der Waals surface area contributed by atoms with Gasteiger partial charge in [0.25, 0.3) is 0 Å². The molecule has 1 aromatic carbocycles. The Morgan fingerprint density at radius 2 is 2.07 bits per heavy atom. The number of hydrogen-bond acceptors (Lipinski definition) is 5. The number of nitrogens with one attached hydrogen (secondary N) is 2. The van der Waals surface area contributed by atoms with Crippen LogP contribution in [0.25, 0.3) is 0 Å². The smallest absolute Gasteiger partial charge is 0.191 e. The quantitative estimate of drug-likeness (QED) is 0.332. The fourth-order valence-corrected chi connectivity index (χ4v) is 4.00. The third-order valence-electron chi connectivity index (χ3n) is 5.37. The zero-order valence-corrected chi connectivity index (χ0v) is 18.7. The highest BCUT2D eigenvalue weighted by Gasteiger charge is 2.24. The van der Waals surface area contributed by atoms with Crippen LogP contribution in [0.5, 0.6) is 0 Å². The largest absolute Gasteiger partial charge is 0.379 e. The van der Waals surface area contributed by atoms with E-state index in [2.05, 4.69) is 28.5 Å². The van der Waals surface area contributed by atoms with E-state index in [1.807, 2.05) is 18.2 Å². The Morgan fingerprint density at radius 3 is 2.80 bits per heavy atom. The molecular weight excluding hydrogens is 404 g/mol. The number of morpholine rings is 1. The molecule has 2 N–H and O–H groups in total. The van der Waals surface area contributed by atoms with Gasteiger partial charge < -0.3 is 24.8 Å². The summed E-state index contributed by atoms with van der Waals surface area (Å²) in [6.07, 6.45) is 2.19. The number of aliphatic imine (C=N–C) groups is 1. The highest BCUT2D eigenvalue weighted by Crippen LogP contribution is 2.28. The van der Waals surface area contributed by atoms with Gasteiger partial charge in [-0.2, -0.15) is 0 Å². The van der Waals surface area contributed by atoms with Crippen LogP contribution in [0.2, 0.25) is 5.02 Å². The molecule has 1 aromatic rings. The van der Waals surface area contributed by atoms with Gasteiger partial charge in [0, 0.05) is 44.4 Å². The van der Waals surface area contributed by atoms with Crippen molar-refractivity contribution in [1.29, 1.82) is 0 Å². The van der Waals surface area contributed by atoms with Crippen molar-refractivity contribution in [1.82, 2.24) is 15.5 Å². The zero-order chi connectivity index (χ0) is 21.0. The average Bonchev–Trinajstić information content (AvgIpc) is 3.29. The highest BCUT2D eigenvalue weighted by atomic mass is 35.5. The van der Waals surface area contributed by atoms with E-state index in [0.717, 1.165) is 88.6 Å². The van der Waals surface area contributed by atoms with Crippen molar-refractivity contribution in [2.75, 3.05) is 65.8 Å². The molecule has 30 heavy (non-hydrogen) atoms. The van der Waals surface area contributed by atoms with Crippen LogP contribution in [0.15, 0.2) is 29.3 Å². The summed E-state index contributed by atoms with van der Waals surface area (Å²) >= 11 is 6.53. The van der Waals surface area contributed by atoms with Gasteiger partial charge in [-0.3, -0.25) is 9.89 Å². The molecule has 2 aliphatic rings. The summed E-state index contributed by atoms with van der Waals surface area (Å²) in [5.74, 6) is 0.826. The predicted molar refractivity (Wildman–Crippen MR) is 120 cm³/mol. The minimum absolute atomic E-state index is 0.128. The monoisotopic (exact) mass is 438 g/mol. The van der Waals surface area contributed by atoms with E-state index in [0.29, 0.717) is 6.54 Å². The van der Waals surface area contributed by atoms with Crippen molar-refractivity contribution in [2.45, 2.75) is 31.9 Å². The van der Waals surface area contributed by atoms with Gasteiger partial charge in [0.15, 0.2) is 5.96 Å². The van der Waals surface area contributed by atoms with Crippen LogP contribution in [0.4, 0.5) is 0 Å². The van der Waals surface area contributed by atoms with Crippen LogP contribution in [-0.2, 0) is 14.2 Å². The van der Waals surface area contributed by atoms with Gasteiger partial charge >= 0.3 is 0 Å². The SMILES string of the molecule is CCNC(=NCC(c1ccccc1Cl)N1CCOCC1)NCCCOC1CCOC1. The van der Waals surface area contributed by atoms with Crippen molar-refractivity contribution in [2.24, 2.45) is 4.99 Å². The molecule has 0 radical (unpaired) electrons. The molecule has 2 aliphatic heterocycles. The first-order chi connectivity index (χ1) is 14.8. The Labute approximate surface area is 185 Å². The van der Waals surface area contributed by atoms with Crippen LogP contribution < -0.4 is 10.6 Å². The third kappa shape index (κ3) is 7.39. The first-order valence-corrected chi connectivity index (χ1v) is 11.4. The number of benzene rings is 1. The fourth-order valence-electron chi connectivity index (χ4n) is 3.74.